The average Bonchev–Trinajstić information content (AvgIpc) is 2.89. The molecule has 1 aliphatic heterocycles. The molecule has 2 aromatic carbocycles. The van der Waals surface area contributed by atoms with Crippen molar-refractivity contribution in [2.45, 2.75) is 0 Å². The number of thioether (sulfide) groups is 1. The Morgan fingerprint density at radius 2 is 1.77 bits per heavy atom. The van der Waals surface area contributed by atoms with Crippen molar-refractivity contribution in [3.05, 3.63) is 65.1 Å². The zero-order valence-corrected chi connectivity index (χ0v) is 15.6. The quantitative estimate of drug-likeness (QED) is 0.626. The molecule has 0 aromatic heterocycles. The van der Waals surface area contributed by atoms with Gasteiger partial charge in [0.2, 0.25) is 0 Å². The van der Waals surface area contributed by atoms with E-state index in [1.165, 1.54) is 0 Å². The first kappa shape index (κ1) is 18.2. The van der Waals surface area contributed by atoms with E-state index in [0.29, 0.717) is 4.91 Å². The predicted molar refractivity (Wildman–Crippen MR) is 108 cm³/mol. The van der Waals surface area contributed by atoms with Gasteiger partial charge in [0, 0.05) is 18.4 Å². The molecule has 132 valence electrons. The van der Waals surface area contributed by atoms with E-state index in [4.69, 9.17) is 17.3 Å². The van der Waals surface area contributed by atoms with E-state index in [2.05, 4.69) is 4.90 Å². The molecule has 0 unspecified atom stereocenters. The van der Waals surface area contributed by atoms with E-state index in [1.807, 2.05) is 61.6 Å². The van der Waals surface area contributed by atoms with Gasteiger partial charge in [-0.1, -0.05) is 54.3 Å². The lowest BCUT2D eigenvalue weighted by molar-refractivity contribution is -0.140. The molecule has 1 N–H and O–H groups in total. The lowest BCUT2D eigenvalue weighted by atomic mass is 10.1. The van der Waals surface area contributed by atoms with Crippen molar-refractivity contribution in [1.82, 2.24) is 4.90 Å². The topological polar surface area (TPSA) is 60.9 Å². The summed E-state index contributed by atoms with van der Waals surface area (Å²) in [6.45, 7) is -0.414. The van der Waals surface area contributed by atoms with E-state index < -0.39 is 12.5 Å². The van der Waals surface area contributed by atoms with Crippen LogP contribution in [0, 0.1) is 0 Å². The zero-order chi connectivity index (χ0) is 18.7. The third-order valence-corrected chi connectivity index (χ3v) is 5.27. The number of carbonyl (C=O) groups is 2. The van der Waals surface area contributed by atoms with Crippen molar-refractivity contribution >= 4 is 57.6 Å². The molecule has 2 aromatic rings. The Morgan fingerprint density at radius 1 is 1.15 bits per heavy atom. The summed E-state index contributed by atoms with van der Waals surface area (Å²) in [5.41, 5.74) is 2.95. The van der Waals surface area contributed by atoms with Crippen LogP contribution in [0.2, 0.25) is 0 Å². The second-order valence-electron chi connectivity index (χ2n) is 5.65. The van der Waals surface area contributed by atoms with Crippen molar-refractivity contribution in [1.29, 1.82) is 0 Å². The molecular formula is C19H16N2O3S2. The van der Waals surface area contributed by atoms with Crippen LogP contribution in [0.3, 0.4) is 0 Å². The van der Waals surface area contributed by atoms with Crippen LogP contribution in [-0.2, 0) is 9.59 Å². The number of hydrogen-bond donors (Lipinski definition) is 1. The van der Waals surface area contributed by atoms with Crippen molar-refractivity contribution in [3.63, 3.8) is 0 Å². The van der Waals surface area contributed by atoms with Gasteiger partial charge in [0.25, 0.3) is 5.91 Å². The number of carboxylic acids is 1. The first-order chi connectivity index (χ1) is 12.5. The van der Waals surface area contributed by atoms with E-state index in [1.54, 1.807) is 6.08 Å². The van der Waals surface area contributed by atoms with Gasteiger partial charge >= 0.3 is 5.97 Å². The number of thiocarbonyl (C=S) groups is 1. The van der Waals surface area contributed by atoms with Crippen LogP contribution >= 0.6 is 24.0 Å². The number of benzene rings is 2. The molecule has 0 bridgehead atoms. The largest absolute Gasteiger partial charge is 0.480 e. The van der Waals surface area contributed by atoms with Crippen molar-refractivity contribution in [2.75, 3.05) is 18.5 Å². The summed E-state index contributed by atoms with van der Waals surface area (Å²) < 4.78 is 0.268. The van der Waals surface area contributed by atoms with Gasteiger partial charge in [-0.25, -0.2) is 0 Å². The van der Waals surface area contributed by atoms with Crippen molar-refractivity contribution in [3.8, 4) is 0 Å². The van der Waals surface area contributed by atoms with Gasteiger partial charge < -0.3 is 10.0 Å². The maximum atomic E-state index is 12.3. The number of carbonyl (C=O) groups excluding carboxylic acids is 1. The fourth-order valence-electron chi connectivity index (χ4n) is 2.52. The normalized spacial score (nSPS) is 15.6. The molecule has 7 heteroatoms. The Bertz CT molecular complexity index is 879. The molecule has 26 heavy (non-hydrogen) atoms. The first-order valence-corrected chi connectivity index (χ1v) is 9.04. The molecule has 0 aliphatic carbocycles. The molecule has 0 spiro atoms. The Morgan fingerprint density at radius 3 is 2.38 bits per heavy atom. The highest BCUT2D eigenvalue weighted by atomic mass is 32.2. The highest BCUT2D eigenvalue weighted by molar-refractivity contribution is 8.26. The number of hydrogen-bond acceptors (Lipinski definition) is 5. The van der Waals surface area contributed by atoms with Crippen LogP contribution in [-0.4, -0.2) is 39.8 Å². The lowest BCUT2D eigenvalue weighted by Gasteiger charge is -2.19. The molecule has 1 fully saturated rings. The minimum atomic E-state index is -1.09. The minimum absolute atomic E-state index is 0.268. The van der Waals surface area contributed by atoms with Crippen molar-refractivity contribution < 1.29 is 14.7 Å². The molecule has 0 saturated carbocycles. The van der Waals surface area contributed by atoms with Gasteiger partial charge in [0.05, 0.1) is 4.91 Å². The van der Waals surface area contributed by atoms with Crippen LogP contribution in [0.25, 0.3) is 6.08 Å². The number of anilines is 2. The average molecular weight is 384 g/mol. The van der Waals surface area contributed by atoms with E-state index in [-0.39, 0.29) is 10.2 Å². The SMILES string of the molecule is CN(c1ccccc1)c1ccc(/C=C2/SC(=S)N(CC(=O)O)C2=O)cc1. The molecule has 3 rings (SSSR count). The number of aliphatic carboxylic acids is 1. The maximum Gasteiger partial charge on any atom is 0.323 e. The third-order valence-electron chi connectivity index (χ3n) is 3.89. The third kappa shape index (κ3) is 3.95. The van der Waals surface area contributed by atoms with Gasteiger partial charge in [-0.15, -0.1) is 0 Å². The molecule has 1 heterocycles. The maximum absolute atomic E-state index is 12.3. The van der Waals surface area contributed by atoms with E-state index in [9.17, 15) is 9.59 Å². The summed E-state index contributed by atoms with van der Waals surface area (Å²) in [6, 6.07) is 17.8. The van der Waals surface area contributed by atoms with Crippen LogP contribution in [0.1, 0.15) is 5.56 Å². The standard InChI is InChI=1S/C19H16N2O3S2/c1-20(14-5-3-2-4-6-14)15-9-7-13(8-10-15)11-16-18(24)21(12-17(22)23)19(25)26-16/h2-11H,12H2,1H3,(H,22,23)/b16-11+. The summed E-state index contributed by atoms with van der Waals surface area (Å²) in [5, 5.41) is 8.88. The first-order valence-electron chi connectivity index (χ1n) is 7.82. The van der Waals surface area contributed by atoms with E-state index >= 15 is 0 Å². The second-order valence-corrected chi connectivity index (χ2v) is 7.32. The number of amides is 1. The molecule has 0 radical (unpaired) electrons. The predicted octanol–water partition coefficient (Wildman–Crippen LogP) is 3.74. The molecule has 5 nitrogen and oxygen atoms in total. The minimum Gasteiger partial charge on any atom is -0.480 e. The smallest absolute Gasteiger partial charge is 0.323 e. The fourth-order valence-corrected chi connectivity index (χ4v) is 3.77. The summed E-state index contributed by atoms with van der Waals surface area (Å²) in [6.07, 6.45) is 1.73. The van der Waals surface area contributed by atoms with E-state index in [0.717, 1.165) is 33.6 Å². The summed E-state index contributed by atoms with van der Waals surface area (Å²) in [5.74, 6) is -1.45. The summed E-state index contributed by atoms with van der Waals surface area (Å²) in [4.78, 5) is 26.7. The second kappa shape index (κ2) is 7.72. The van der Waals surface area contributed by atoms with Crippen LogP contribution in [0.4, 0.5) is 11.4 Å². The Balaban J connectivity index is 1.77. The number of nitrogens with zero attached hydrogens (tertiary/aromatic N) is 2. The van der Waals surface area contributed by atoms with Crippen LogP contribution < -0.4 is 4.90 Å². The van der Waals surface area contributed by atoms with Crippen LogP contribution in [0.15, 0.2) is 59.5 Å². The molecule has 1 amide bonds. The van der Waals surface area contributed by atoms with Gasteiger partial charge in [-0.3, -0.25) is 14.5 Å². The van der Waals surface area contributed by atoms with Crippen molar-refractivity contribution in [2.24, 2.45) is 0 Å². The molecule has 1 saturated heterocycles. The Labute approximate surface area is 160 Å². The zero-order valence-electron chi connectivity index (χ0n) is 14.0. The highest BCUT2D eigenvalue weighted by Gasteiger charge is 2.33. The summed E-state index contributed by atoms with van der Waals surface area (Å²) in [7, 11) is 1.99. The Kier molecular flexibility index (Phi) is 5.39. The summed E-state index contributed by atoms with van der Waals surface area (Å²) >= 11 is 6.22. The van der Waals surface area contributed by atoms with Gasteiger partial charge in [0.1, 0.15) is 10.9 Å². The highest BCUT2D eigenvalue weighted by Crippen LogP contribution is 2.32. The van der Waals surface area contributed by atoms with Gasteiger partial charge in [-0.05, 0) is 35.9 Å². The van der Waals surface area contributed by atoms with Gasteiger partial charge in [-0.2, -0.15) is 0 Å². The fraction of sp³-hybridized carbons (Fsp3) is 0.105. The number of rotatable bonds is 5. The molecule has 0 atom stereocenters. The lowest BCUT2D eigenvalue weighted by Crippen LogP contribution is -2.33. The monoisotopic (exact) mass is 384 g/mol. The Hall–Kier alpha value is -2.64. The number of para-hydroxylation sites is 1. The van der Waals surface area contributed by atoms with Crippen LogP contribution in [0.5, 0.6) is 0 Å². The molecular weight excluding hydrogens is 368 g/mol. The molecule has 1 aliphatic rings. The number of carboxylic acid groups (broad SMARTS) is 1. The van der Waals surface area contributed by atoms with Gasteiger partial charge in [0.15, 0.2) is 0 Å².